The van der Waals surface area contributed by atoms with Crippen molar-refractivity contribution < 1.29 is 0 Å². The first-order chi connectivity index (χ1) is 22.2. The Labute approximate surface area is 264 Å². The predicted octanol–water partition coefficient (Wildman–Crippen LogP) is 11.3. The van der Waals surface area contributed by atoms with Crippen LogP contribution in [0.25, 0.3) is 60.3 Å². The van der Waals surface area contributed by atoms with Gasteiger partial charge in [-0.25, -0.2) is 0 Å². The van der Waals surface area contributed by atoms with Crippen LogP contribution in [0.4, 0.5) is 11.4 Å². The van der Waals surface area contributed by atoms with Gasteiger partial charge in [-0.1, -0.05) is 128 Å². The molecule has 9 rings (SSSR count). The van der Waals surface area contributed by atoms with Crippen LogP contribution < -0.4 is 10.1 Å². The highest BCUT2D eigenvalue weighted by Crippen LogP contribution is 2.49. The molecule has 0 amide bonds. The molecule has 45 heavy (non-hydrogen) atoms. The van der Waals surface area contributed by atoms with Gasteiger partial charge < -0.3 is 4.90 Å². The number of aryl methyl sites for hydroxylation is 2. The molecular weight excluding hydrogens is 542 g/mol. The van der Waals surface area contributed by atoms with Crippen LogP contribution in [0.15, 0.2) is 133 Å². The van der Waals surface area contributed by atoms with Gasteiger partial charge in [0.1, 0.15) is 0 Å². The molecule has 1 nitrogen and oxygen atoms in total. The molecule has 1 atom stereocenters. The Bertz CT molecular complexity index is 2370. The van der Waals surface area contributed by atoms with Crippen molar-refractivity contribution in [2.45, 2.75) is 33.1 Å². The summed E-state index contributed by atoms with van der Waals surface area (Å²) in [4.78, 5) is 2.49. The third kappa shape index (κ3) is 4.07. The zero-order valence-electron chi connectivity index (χ0n) is 25.8. The van der Waals surface area contributed by atoms with Crippen molar-refractivity contribution in [3.05, 3.63) is 149 Å². The van der Waals surface area contributed by atoms with E-state index in [2.05, 4.69) is 152 Å². The zero-order valence-corrected chi connectivity index (χ0v) is 25.8. The highest BCUT2D eigenvalue weighted by Gasteiger charge is 2.24. The fourth-order valence-corrected chi connectivity index (χ4v) is 7.85. The largest absolute Gasteiger partial charge is 0.310 e. The fraction of sp³-hybridized carbons (Fsp3) is 0.136. The summed E-state index contributed by atoms with van der Waals surface area (Å²) in [5.41, 5.74) is 9.03. The van der Waals surface area contributed by atoms with Crippen molar-refractivity contribution in [1.29, 1.82) is 0 Å². The number of fused-ring (bicyclic) bond motifs is 2. The average molecular weight is 578 g/mol. The normalized spacial score (nSPS) is 16.0. The maximum Gasteiger partial charge on any atom is 0.0618 e. The second-order valence-corrected chi connectivity index (χ2v) is 12.9. The van der Waals surface area contributed by atoms with Gasteiger partial charge in [-0.15, -0.1) is 0 Å². The molecule has 1 heteroatoms. The summed E-state index contributed by atoms with van der Waals surface area (Å²) >= 11 is 0. The lowest BCUT2D eigenvalue weighted by molar-refractivity contribution is 0.728. The second kappa shape index (κ2) is 10.2. The van der Waals surface area contributed by atoms with Crippen molar-refractivity contribution in [2.24, 2.45) is 5.92 Å². The number of hydrogen-bond donors (Lipinski definition) is 0. The Morgan fingerprint density at radius 2 is 1.36 bits per heavy atom. The first-order valence-corrected chi connectivity index (χ1v) is 16.3. The SMILES string of the molecule is Cc1ccc(N(C2=CCC(C)C=C2)c2c3ccccc3c(-c3ccc4ccc5c6c(ccc3c46)=CCC5)c3ccccc23)cc1. The van der Waals surface area contributed by atoms with E-state index in [4.69, 9.17) is 0 Å². The number of allylic oxidation sites excluding steroid dienone is 3. The predicted molar refractivity (Wildman–Crippen MR) is 194 cm³/mol. The minimum absolute atomic E-state index is 0.545. The Balaban J connectivity index is 1.40. The molecule has 0 saturated carbocycles. The molecule has 2 aliphatic rings. The summed E-state index contributed by atoms with van der Waals surface area (Å²) in [7, 11) is 0. The smallest absolute Gasteiger partial charge is 0.0618 e. The first kappa shape index (κ1) is 26.3. The Kier molecular flexibility index (Phi) is 5.96. The van der Waals surface area contributed by atoms with E-state index in [1.165, 1.54) is 87.6 Å². The molecule has 1 unspecified atom stereocenters. The van der Waals surface area contributed by atoms with E-state index < -0.39 is 0 Å². The highest BCUT2D eigenvalue weighted by molar-refractivity contribution is 6.26. The Morgan fingerprint density at radius 3 is 2.07 bits per heavy atom. The van der Waals surface area contributed by atoms with Crippen LogP contribution in [-0.2, 0) is 6.42 Å². The summed E-state index contributed by atoms with van der Waals surface area (Å²) in [5.74, 6) is 0.545. The van der Waals surface area contributed by atoms with Crippen molar-refractivity contribution in [3.63, 3.8) is 0 Å². The van der Waals surface area contributed by atoms with Crippen molar-refractivity contribution in [2.75, 3.05) is 4.90 Å². The van der Waals surface area contributed by atoms with Crippen molar-refractivity contribution >= 4 is 60.5 Å². The molecule has 0 N–H and O–H groups in total. The Morgan fingerprint density at radius 1 is 0.644 bits per heavy atom. The molecule has 0 radical (unpaired) electrons. The molecule has 0 bridgehead atoms. The lowest BCUT2D eigenvalue weighted by Gasteiger charge is -2.32. The van der Waals surface area contributed by atoms with Crippen molar-refractivity contribution in [3.8, 4) is 11.1 Å². The molecular formula is C44H35N. The molecule has 0 saturated heterocycles. The lowest BCUT2D eigenvalue weighted by Crippen LogP contribution is -2.18. The standard InChI is InChI=1S/C44H35N/c1-28-14-22-33(23-15-28)45(34-24-16-29(2)17-25-34)44-39-12-5-3-10-35(39)43(36-11-4-6-13-40(36)44)38-27-21-32-19-18-30-8-7-9-31-20-26-37(38)42(32)41(30)31/h3-6,9-16,18-27,29H,7-8,17H2,1-2H3. The summed E-state index contributed by atoms with van der Waals surface area (Å²) in [5, 5.41) is 12.0. The van der Waals surface area contributed by atoms with E-state index in [-0.39, 0.29) is 0 Å². The molecule has 7 aromatic rings. The summed E-state index contributed by atoms with van der Waals surface area (Å²) in [6, 6.07) is 41.2. The molecule has 0 aliphatic heterocycles. The maximum absolute atomic E-state index is 2.49. The number of benzene rings is 7. The van der Waals surface area contributed by atoms with Gasteiger partial charge in [0.05, 0.1) is 5.69 Å². The minimum Gasteiger partial charge on any atom is -0.310 e. The molecule has 0 aromatic heterocycles. The summed E-state index contributed by atoms with van der Waals surface area (Å²) in [6.07, 6.45) is 12.8. The number of hydrogen-bond acceptors (Lipinski definition) is 1. The van der Waals surface area contributed by atoms with E-state index in [1.807, 2.05) is 0 Å². The quantitative estimate of drug-likeness (QED) is 0.188. The third-order valence-corrected chi connectivity index (χ3v) is 10.0. The topological polar surface area (TPSA) is 3.24 Å². The third-order valence-electron chi connectivity index (χ3n) is 10.0. The van der Waals surface area contributed by atoms with Gasteiger partial charge in [0, 0.05) is 22.2 Å². The van der Waals surface area contributed by atoms with Gasteiger partial charge >= 0.3 is 0 Å². The van der Waals surface area contributed by atoms with E-state index in [9.17, 15) is 0 Å². The van der Waals surface area contributed by atoms with E-state index in [0.717, 1.165) is 19.3 Å². The molecule has 0 spiro atoms. The summed E-state index contributed by atoms with van der Waals surface area (Å²) in [6.45, 7) is 4.45. The molecule has 0 fully saturated rings. The van der Waals surface area contributed by atoms with E-state index in [1.54, 1.807) is 0 Å². The first-order valence-electron chi connectivity index (χ1n) is 16.3. The molecule has 216 valence electrons. The van der Waals surface area contributed by atoms with Crippen LogP contribution in [0.5, 0.6) is 0 Å². The van der Waals surface area contributed by atoms with Gasteiger partial charge in [0.15, 0.2) is 0 Å². The van der Waals surface area contributed by atoms with Crippen LogP contribution in [0.3, 0.4) is 0 Å². The summed E-state index contributed by atoms with van der Waals surface area (Å²) < 4.78 is 0. The van der Waals surface area contributed by atoms with Gasteiger partial charge in [-0.2, -0.15) is 0 Å². The number of rotatable bonds is 4. The highest BCUT2D eigenvalue weighted by atomic mass is 15.1. The minimum atomic E-state index is 0.545. The van der Waals surface area contributed by atoms with Gasteiger partial charge in [0.2, 0.25) is 0 Å². The van der Waals surface area contributed by atoms with E-state index in [0.29, 0.717) is 5.92 Å². The van der Waals surface area contributed by atoms with Crippen LogP contribution >= 0.6 is 0 Å². The lowest BCUT2D eigenvalue weighted by atomic mass is 9.84. The maximum atomic E-state index is 2.49. The van der Waals surface area contributed by atoms with Crippen LogP contribution in [0, 0.1) is 12.8 Å². The van der Waals surface area contributed by atoms with Gasteiger partial charge in [0.25, 0.3) is 0 Å². The Hall–Kier alpha value is -5.14. The molecule has 0 heterocycles. The fourth-order valence-electron chi connectivity index (χ4n) is 7.85. The monoisotopic (exact) mass is 577 g/mol. The van der Waals surface area contributed by atoms with E-state index >= 15 is 0 Å². The number of nitrogens with zero attached hydrogens (tertiary/aromatic N) is 1. The zero-order chi connectivity index (χ0) is 30.1. The molecule has 2 aliphatic carbocycles. The number of anilines is 2. The average Bonchev–Trinajstić information content (AvgIpc) is 3.09. The molecule has 7 aromatic carbocycles. The van der Waals surface area contributed by atoms with Gasteiger partial charge in [-0.05, 0) is 105 Å². The van der Waals surface area contributed by atoms with Crippen molar-refractivity contribution in [1.82, 2.24) is 0 Å². The van der Waals surface area contributed by atoms with Crippen LogP contribution in [0.1, 0.15) is 30.9 Å². The van der Waals surface area contributed by atoms with Gasteiger partial charge in [-0.3, -0.25) is 0 Å². The van der Waals surface area contributed by atoms with Crippen LogP contribution in [-0.4, -0.2) is 0 Å². The second-order valence-electron chi connectivity index (χ2n) is 12.9. The van der Waals surface area contributed by atoms with Crippen LogP contribution in [0.2, 0.25) is 0 Å².